The van der Waals surface area contributed by atoms with E-state index in [4.69, 9.17) is 5.10 Å². The van der Waals surface area contributed by atoms with Gasteiger partial charge in [0.05, 0.1) is 22.6 Å². The van der Waals surface area contributed by atoms with Crippen LogP contribution in [-0.2, 0) is 6.42 Å². The number of hydrogen-bond donors (Lipinski definition) is 0. The maximum absolute atomic E-state index is 12.8. The summed E-state index contributed by atoms with van der Waals surface area (Å²) < 4.78 is 1.97. The molecule has 0 bridgehead atoms. The van der Waals surface area contributed by atoms with Crippen LogP contribution in [0.4, 0.5) is 0 Å². The molecule has 3 heteroatoms. The van der Waals surface area contributed by atoms with Gasteiger partial charge in [0.1, 0.15) is 0 Å². The Labute approximate surface area is 148 Å². The first-order valence-corrected chi connectivity index (χ1v) is 8.78. The molecule has 126 valence electrons. The van der Waals surface area contributed by atoms with Crippen LogP contribution < -0.4 is 0 Å². The predicted molar refractivity (Wildman–Crippen MR) is 99.6 cm³/mol. The molecule has 0 fully saturated rings. The van der Waals surface area contributed by atoms with Gasteiger partial charge in [-0.1, -0.05) is 42.0 Å². The lowest BCUT2D eigenvalue weighted by molar-refractivity contribution is 0.0963. The molecule has 1 heterocycles. The van der Waals surface area contributed by atoms with Gasteiger partial charge in [-0.05, 0) is 56.4 Å². The number of carbonyl (C=O) groups is 1. The van der Waals surface area contributed by atoms with Gasteiger partial charge in [-0.2, -0.15) is 5.10 Å². The fourth-order valence-corrected chi connectivity index (χ4v) is 3.89. The van der Waals surface area contributed by atoms with Gasteiger partial charge in [-0.3, -0.25) is 4.79 Å². The Kier molecular flexibility index (Phi) is 3.79. The Morgan fingerprint density at radius 1 is 0.960 bits per heavy atom. The number of aryl methyl sites for hydroxylation is 3. The normalized spacial score (nSPS) is 16.8. The summed E-state index contributed by atoms with van der Waals surface area (Å²) in [6.45, 7) is 6.11. The van der Waals surface area contributed by atoms with Gasteiger partial charge in [0.2, 0.25) is 0 Å². The van der Waals surface area contributed by atoms with Gasteiger partial charge in [-0.15, -0.1) is 0 Å². The highest BCUT2D eigenvalue weighted by Gasteiger charge is 2.32. The fraction of sp³-hybridized carbons (Fsp3) is 0.273. The number of rotatable bonds is 2. The molecule has 0 aliphatic heterocycles. The molecule has 1 aliphatic carbocycles. The number of carbonyl (C=O) groups excluding carboxylic acids is 1. The van der Waals surface area contributed by atoms with Crippen molar-refractivity contribution in [3.63, 3.8) is 0 Å². The molecule has 0 unspecified atom stereocenters. The van der Waals surface area contributed by atoms with Crippen LogP contribution in [0.1, 0.15) is 50.8 Å². The number of nitrogens with zero attached hydrogens (tertiary/aromatic N) is 2. The number of Topliss-reactive ketones (excluding diaryl/α,β-unsaturated/α-hetero) is 1. The van der Waals surface area contributed by atoms with Crippen molar-refractivity contribution in [1.29, 1.82) is 0 Å². The van der Waals surface area contributed by atoms with E-state index >= 15 is 0 Å². The molecule has 0 spiro atoms. The number of fused-ring (bicyclic) bond motifs is 1. The smallest absolute Gasteiger partial charge is 0.167 e. The maximum atomic E-state index is 12.8. The zero-order valence-corrected chi connectivity index (χ0v) is 14.9. The Morgan fingerprint density at radius 2 is 1.68 bits per heavy atom. The summed E-state index contributed by atoms with van der Waals surface area (Å²) in [5.74, 6) is 0.434. The van der Waals surface area contributed by atoms with Gasteiger partial charge in [0, 0.05) is 6.42 Å². The van der Waals surface area contributed by atoms with Crippen molar-refractivity contribution in [2.45, 2.75) is 39.5 Å². The molecule has 1 atom stereocenters. The molecule has 3 aromatic rings. The van der Waals surface area contributed by atoms with Gasteiger partial charge in [0.15, 0.2) is 5.78 Å². The van der Waals surface area contributed by atoms with E-state index < -0.39 is 0 Å². The first kappa shape index (κ1) is 15.8. The van der Waals surface area contributed by atoms with Crippen LogP contribution in [0.5, 0.6) is 0 Å². The minimum absolute atomic E-state index is 0.212. The third-order valence-electron chi connectivity index (χ3n) is 5.07. The second kappa shape index (κ2) is 5.99. The Morgan fingerprint density at radius 3 is 2.40 bits per heavy atom. The average molecular weight is 330 g/mol. The van der Waals surface area contributed by atoms with Crippen LogP contribution in [0.3, 0.4) is 0 Å². The van der Waals surface area contributed by atoms with E-state index in [1.807, 2.05) is 17.7 Å². The van der Waals surface area contributed by atoms with Gasteiger partial charge >= 0.3 is 0 Å². The Bertz CT molecular complexity index is 968. The van der Waals surface area contributed by atoms with E-state index in [0.29, 0.717) is 6.42 Å². The maximum Gasteiger partial charge on any atom is 0.167 e. The molecular weight excluding hydrogens is 308 g/mol. The van der Waals surface area contributed by atoms with Crippen LogP contribution >= 0.6 is 0 Å². The highest BCUT2D eigenvalue weighted by molar-refractivity contribution is 6.00. The van der Waals surface area contributed by atoms with Gasteiger partial charge < -0.3 is 0 Å². The largest absolute Gasteiger partial charge is 0.294 e. The number of benzene rings is 2. The second-order valence-electron chi connectivity index (χ2n) is 7.10. The van der Waals surface area contributed by atoms with Crippen molar-refractivity contribution >= 4 is 5.78 Å². The third-order valence-corrected chi connectivity index (χ3v) is 5.07. The molecule has 0 saturated heterocycles. The van der Waals surface area contributed by atoms with Crippen molar-refractivity contribution < 1.29 is 4.79 Å². The van der Waals surface area contributed by atoms with Crippen LogP contribution in [0, 0.1) is 20.8 Å². The second-order valence-corrected chi connectivity index (χ2v) is 7.10. The fourth-order valence-electron chi connectivity index (χ4n) is 3.89. The summed E-state index contributed by atoms with van der Waals surface area (Å²) in [6, 6.07) is 16.8. The van der Waals surface area contributed by atoms with Crippen molar-refractivity contribution in [3.05, 3.63) is 82.2 Å². The summed E-state index contributed by atoms with van der Waals surface area (Å²) >= 11 is 0. The topological polar surface area (TPSA) is 34.9 Å². The number of ketones is 1. The molecular formula is C22H22N2O. The van der Waals surface area contributed by atoms with E-state index in [9.17, 15) is 4.79 Å². The molecule has 0 saturated carbocycles. The molecule has 3 nitrogen and oxygen atoms in total. The lowest BCUT2D eigenvalue weighted by Crippen LogP contribution is -2.20. The summed E-state index contributed by atoms with van der Waals surface area (Å²) in [5.41, 5.74) is 7.41. The Hall–Kier alpha value is -2.68. The van der Waals surface area contributed by atoms with Crippen LogP contribution in [0.2, 0.25) is 0 Å². The summed E-state index contributed by atoms with van der Waals surface area (Å²) in [7, 11) is 0. The molecule has 2 aromatic carbocycles. The third kappa shape index (κ3) is 2.80. The molecule has 1 aliphatic rings. The molecule has 1 aromatic heterocycles. The quantitative estimate of drug-likeness (QED) is 0.682. The monoisotopic (exact) mass is 330 g/mol. The lowest BCUT2D eigenvalue weighted by Gasteiger charge is -2.23. The summed E-state index contributed by atoms with van der Waals surface area (Å²) in [6.07, 6.45) is 1.41. The van der Waals surface area contributed by atoms with Crippen LogP contribution in [-0.4, -0.2) is 15.6 Å². The van der Waals surface area contributed by atoms with Crippen LogP contribution in [0.25, 0.3) is 5.69 Å². The zero-order valence-electron chi connectivity index (χ0n) is 14.9. The van der Waals surface area contributed by atoms with E-state index in [-0.39, 0.29) is 11.7 Å². The minimum atomic E-state index is 0.212. The summed E-state index contributed by atoms with van der Waals surface area (Å²) in [4.78, 5) is 12.8. The van der Waals surface area contributed by atoms with Crippen molar-refractivity contribution in [2.75, 3.05) is 0 Å². The number of aromatic nitrogens is 2. The number of hydrogen-bond acceptors (Lipinski definition) is 2. The highest BCUT2D eigenvalue weighted by Crippen LogP contribution is 2.35. The van der Waals surface area contributed by atoms with E-state index in [1.165, 1.54) is 16.7 Å². The van der Waals surface area contributed by atoms with E-state index in [2.05, 4.69) is 56.3 Å². The predicted octanol–water partition coefficient (Wildman–Crippen LogP) is 4.71. The van der Waals surface area contributed by atoms with E-state index in [0.717, 1.165) is 29.1 Å². The van der Waals surface area contributed by atoms with Crippen molar-refractivity contribution in [1.82, 2.24) is 9.78 Å². The first-order valence-electron chi connectivity index (χ1n) is 8.78. The van der Waals surface area contributed by atoms with Crippen molar-refractivity contribution in [3.8, 4) is 5.69 Å². The standard InChI is InChI=1S/C22H22N2O/c1-14-6-4-8-17(10-14)18-12-20-22(21(25)13-18)16(3)23-24(20)19-9-5-7-15(2)11-19/h4-11,18H,12-13H2,1-3H3/t18-/m1/s1. The minimum Gasteiger partial charge on any atom is -0.294 e. The Balaban J connectivity index is 1.81. The molecule has 0 N–H and O–H groups in total. The van der Waals surface area contributed by atoms with E-state index in [1.54, 1.807) is 0 Å². The van der Waals surface area contributed by atoms with Crippen molar-refractivity contribution in [2.24, 2.45) is 0 Å². The molecule has 25 heavy (non-hydrogen) atoms. The van der Waals surface area contributed by atoms with Crippen LogP contribution in [0.15, 0.2) is 48.5 Å². The zero-order chi connectivity index (χ0) is 17.6. The summed E-state index contributed by atoms with van der Waals surface area (Å²) in [5, 5.41) is 4.70. The lowest BCUT2D eigenvalue weighted by atomic mass is 9.81. The van der Waals surface area contributed by atoms with Gasteiger partial charge in [0.25, 0.3) is 0 Å². The SMILES string of the molecule is Cc1cccc([C@H]2CC(=O)c3c(C)nn(-c4cccc(C)c4)c3C2)c1. The molecule has 0 radical (unpaired) electrons. The first-order chi connectivity index (χ1) is 12.0. The highest BCUT2D eigenvalue weighted by atomic mass is 16.1. The molecule has 0 amide bonds. The molecule has 4 rings (SSSR count). The van der Waals surface area contributed by atoms with Gasteiger partial charge in [-0.25, -0.2) is 4.68 Å². The average Bonchev–Trinajstić information content (AvgIpc) is 2.92.